The van der Waals surface area contributed by atoms with Crippen LogP contribution in [0.25, 0.3) is 0 Å². The number of para-hydroxylation sites is 1. The Morgan fingerprint density at radius 1 is 1.17 bits per heavy atom. The number of carbonyl (C=O) groups is 2. The number of imide groups is 1. The molecule has 1 saturated heterocycles. The lowest BCUT2D eigenvalue weighted by Crippen LogP contribution is -2.52. The number of nitrogens with two attached hydrogens (primary N) is 1. The first-order valence-electron chi connectivity index (χ1n) is 5.89. The smallest absolute Gasteiger partial charge is 0.248 e. The molecule has 1 unspecified atom stereocenters. The summed E-state index contributed by atoms with van der Waals surface area (Å²) in [7, 11) is 1.51. The second-order valence-electron chi connectivity index (χ2n) is 4.55. The minimum atomic E-state index is -0.189. The molecule has 18 heavy (non-hydrogen) atoms. The Kier molecular flexibility index (Phi) is 3.34. The van der Waals surface area contributed by atoms with E-state index in [0.29, 0.717) is 0 Å². The van der Waals surface area contributed by atoms with E-state index in [4.69, 9.17) is 5.73 Å². The number of likely N-dealkylation sites (N-methyl/N-ethyl adjacent to an activating group) is 1. The number of nitrogens with zero attached hydrogens (tertiary/aromatic N) is 2. The standard InChI is InChI=1S/C13H17N3O2/c1-9(14)10-5-3-4-6-11(10)16-7-12(17)15(2)13(18)8-16/h3-6,9H,7-8,14H2,1-2H3. The Bertz CT molecular complexity index is 467. The quantitative estimate of drug-likeness (QED) is 0.773. The predicted octanol–water partition coefficient (Wildman–Crippen LogP) is 0.511. The summed E-state index contributed by atoms with van der Waals surface area (Å²) >= 11 is 0. The van der Waals surface area contributed by atoms with Crippen molar-refractivity contribution in [2.75, 3.05) is 25.0 Å². The second-order valence-corrected chi connectivity index (χ2v) is 4.55. The zero-order chi connectivity index (χ0) is 13.3. The molecule has 2 amide bonds. The number of piperazine rings is 1. The molecule has 5 nitrogen and oxygen atoms in total. The number of hydrogen-bond donors (Lipinski definition) is 1. The van der Waals surface area contributed by atoms with Crippen LogP contribution in [0, 0.1) is 0 Å². The third kappa shape index (κ3) is 2.22. The van der Waals surface area contributed by atoms with Gasteiger partial charge in [0.2, 0.25) is 11.8 Å². The lowest BCUT2D eigenvalue weighted by molar-refractivity contribution is -0.143. The van der Waals surface area contributed by atoms with Crippen LogP contribution in [0.3, 0.4) is 0 Å². The number of benzene rings is 1. The van der Waals surface area contributed by atoms with Gasteiger partial charge in [-0.3, -0.25) is 14.5 Å². The molecule has 2 N–H and O–H groups in total. The van der Waals surface area contributed by atoms with Gasteiger partial charge in [0.15, 0.2) is 0 Å². The first-order chi connectivity index (χ1) is 8.50. The molecule has 0 aromatic heterocycles. The molecule has 2 rings (SSSR count). The van der Waals surface area contributed by atoms with Crippen molar-refractivity contribution in [3.8, 4) is 0 Å². The highest BCUT2D eigenvalue weighted by molar-refractivity contribution is 6.02. The van der Waals surface area contributed by atoms with Crippen LogP contribution in [-0.4, -0.2) is 36.9 Å². The number of carbonyl (C=O) groups excluding carboxylic acids is 2. The van der Waals surface area contributed by atoms with Gasteiger partial charge in [-0.05, 0) is 18.6 Å². The third-order valence-electron chi connectivity index (χ3n) is 3.17. The minimum absolute atomic E-state index is 0.133. The van der Waals surface area contributed by atoms with Gasteiger partial charge in [-0.25, -0.2) is 0 Å². The molecule has 1 aromatic rings. The average molecular weight is 247 g/mol. The van der Waals surface area contributed by atoms with Gasteiger partial charge in [-0.15, -0.1) is 0 Å². The molecular formula is C13H17N3O2. The maximum atomic E-state index is 11.7. The van der Waals surface area contributed by atoms with Crippen LogP contribution in [0.1, 0.15) is 18.5 Å². The van der Waals surface area contributed by atoms with Crippen LogP contribution in [0.15, 0.2) is 24.3 Å². The van der Waals surface area contributed by atoms with Crippen molar-refractivity contribution in [1.29, 1.82) is 0 Å². The van der Waals surface area contributed by atoms with Gasteiger partial charge in [-0.1, -0.05) is 18.2 Å². The third-order valence-corrected chi connectivity index (χ3v) is 3.17. The van der Waals surface area contributed by atoms with E-state index in [9.17, 15) is 9.59 Å². The fourth-order valence-electron chi connectivity index (χ4n) is 2.06. The van der Waals surface area contributed by atoms with Gasteiger partial charge in [0.05, 0.1) is 13.1 Å². The lowest BCUT2D eigenvalue weighted by Gasteiger charge is -2.33. The molecule has 96 valence electrons. The molecule has 1 heterocycles. The van der Waals surface area contributed by atoms with Crippen LogP contribution in [0.4, 0.5) is 5.69 Å². The zero-order valence-electron chi connectivity index (χ0n) is 10.6. The van der Waals surface area contributed by atoms with Crippen molar-refractivity contribution in [1.82, 2.24) is 4.90 Å². The Morgan fingerprint density at radius 3 is 2.28 bits per heavy atom. The van der Waals surface area contributed by atoms with E-state index in [1.54, 1.807) is 4.90 Å². The Balaban J connectivity index is 2.32. The van der Waals surface area contributed by atoms with Gasteiger partial charge in [0.25, 0.3) is 0 Å². The van der Waals surface area contributed by atoms with Crippen molar-refractivity contribution in [2.24, 2.45) is 5.73 Å². The van der Waals surface area contributed by atoms with Gasteiger partial charge >= 0.3 is 0 Å². The van der Waals surface area contributed by atoms with E-state index >= 15 is 0 Å². The summed E-state index contributed by atoms with van der Waals surface area (Å²) in [5.41, 5.74) is 7.72. The summed E-state index contributed by atoms with van der Waals surface area (Å²) in [6.07, 6.45) is 0. The van der Waals surface area contributed by atoms with Crippen LogP contribution < -0.4 is 10.6 Å². The van der Waals surface area contributed by atoms with Crippen LogP contribution in [0.2, 0.25) is 0 Å². The molecule has 0 radical (unpaired) electrons. The molecule has 1 aliphatic heterocycles. The molecule has 0 spiro atoms. The Labute approximate surface area is 106 Å². The topological polar surface area (TPSA) is 66.6 Å². The maximum Gasteiger partial charge on any atom is 0.248 e. The van der Waals surface area contributed by atoms with E-state index in [2.05, 4.69) is 0 Å². The van der Waals surface area contributed by atoms with Crippen LogP contribution >= 0.6 is 0 Å². The Hall–Kier alpha value is -1.88. The molecule has 0 bridgehead atoms. The van der Waals surface area contributed by atoms with E-state index in [1.807, 2.05) is 31.2 Å². The molecule has 1 aromatic carbocycles. The van der Waals surface area contributed by atoms with E-state index < -0.39 is 0 Å². The number of hydrogen-bond acceptors (Lipinski definition) is 4. The van der Waals surface area contributed by atoms with Gasteiger partial charge in [0.1, 0.15) is 0 Å². The second kappa shape index (κ2) is 4.78. The van der Waals surface area contributed by atoms with Crippen molar-refractivity contribution in [2.45, 2.75) is 13.0 Å². The molecule has 0 aliphatic carbocycles. The van der Waals surface area contributed by atoms with Gasteiger partial charge in [0, 0.05) is 18.8 Å². The summed E-state index contributed by atoms with van der Waals surface area (Å²) in [6, 6.07) is 7.47. The Morgan fingerprint density at radius 2 is 1.72 bits per heavy atom. The lowest BCUT2D eigenvalue weighted by atomic mass is 10.1. The first kappa shape index (κ1) is 12.6. The number of anilines is 1. The normalized spacial score (nSPS) is 18.2. The van der Waals surface area contributed by atoms with Crippen molar-refractivity contribution in [3.05, 3.63) is 29.8 Å². The highest BCUT2D eigenvalue weighted by Gasteiger charge is 2.29. The predicted molar refractivity (Wildman–Crippen MR) is 69.0 cm³/mol. The minimum Gasteiger partial charge on any atom is -0.353 e. The van der Waals surface area contributed by atoms with Crippen LogP contribution in [-0.2, 0) is 9.59 Å². The summed E-state index contributed by atoms with van der Waals surface area (Å²) in [4.78, 5) is 26.4. The summed E-state index contributed by atoms with van der Waals surface area (Å²) in [5, 5.41) is 0. The molecule has 1 aliphatic rings. The monoisotopic (exact) mass is 247 g/mol. The van der Waals surface area contributed by atoms with Crippen molar-refractivity contribution >= 4 is 17.5 Å². The van der Waals surface area contributed by atoms with Crippen LogP contribution in [0.5, 0.6) is 0 Å². The highest BCUT2D eigenvalue weighted by atomic mass is 16.2. The average Bonchev–Trinajstić information content (AvgIpc) is 2.35. The van der Waals surface area contributed by atoms with E-state index in [1.165, 1.54) is 11.9 Å². The SMILES string of the molecule is CC(N)c1ccccc1N1CC(=O)N(C)C(=O)C1. The summed E-state index contributed by atoms with van der Waals surface area (Å²) in [6.45, 7) is 2.32. The number of rotatable bonds is 2. The molecule has 1 atom stereocenters. The molecule has 0 saturated carbocycles. The number of amides is 2. The summed E-state index contributed by atoms with van der Waals surface area (Å²) < 4.78 is 0. The van der Waals surface area contributed by atoms with Gasteiger partial charge < -0.3 is 10.6 Å². The largest absolute Gasteiger partial charge is 0.353 e. The maximum absolute atomic E-state index is 11.7. The van der Waals surface area contributed by atoms with Crippen molar-refractivity contribution in [3.63, 3.8) is 0 Å². The molecule has 1 fully saturated rings. The first-order valence-corrected chi connectivity index (χ1v) is 5.89. The van der Waals surface area contributed by atoms with Gasteiger partial charge in [-0.2, -0.15) is 0 Å². The van der Waals surface area contributed by atoms with E-state index in [0.717, 1.165) is 11.3 Å². The molecular weight excluding hydrogens is 230 g/mol. The molecule has 5 heteroatoms. The fraction of sp³-hybridized carbons (Fsp3) is 0.385. The zero-order valence-corrected chi connectivity index (χ0v) is 10.6. The fourth-order valence-corrected chi connectivity index (χ4v) is 2.06. The van der Waals surface area contributed by atoms with Crippen molar-refractivity contribution < 1.29 is 9.59 Å². The van der Waals surface area contributed by atoms with E-state index in [-0.39, 0.29) is 30.9 Å². The highest BCUT2D eigenvalue weighted by Crippen LogP contribution is 2.26. The summed E-state index contributed by atoms with van der Waals surface area (Å²) in [5.74, 6) is -0.378.